The molecule has 0 aliphatic carbocycles. The van der Waals surface area contributed by atoms with Gasteiger partial charge < -0.3 is 15.0 Å². The van der Waals surface area contributed by atoms with Crippen molar-refractivity contribution in [3.8, 4) is 0 Å². The van der Waals surface area contributed by atoms with Crippen LogP contribution in [0.2, 0.25) is 0 Å². The summed E-state index contributed by atoms with van der Waals surface area (Å²) in [5.41, 5.74) is 1.66. The first-order valence-electron chi connectivity index (χ1n) is 9.23. The van der Waals surface area contributed by atoms with Crippen molar-refractivity contribution < 1.29 is 19.2 Å². The fourth-order valence-corrected chi connectivity index (χ4v) is 3.54. The third-order valence-corrected chi connectivity index (χ3v) is 5.02. The summed E-state index contributed by atoms with van der Waals surface area (Å²) in [5.74, 6) is -1.73. The molecule has 2 aliphatic heterocycles. The number of amides is 2. The molecule has 2 aliphatic rings. The quantitative estimate of drug-likeness (QED) is 0.304. The average Bonchev–Trinajstić information content (AvgIpc) is 2.64. The van der Waals surface area contributed by atoms with E-state index in [-0.39, 0.29) is 11.0 Å². The first-order valence-corrected chi connectivity index (χ1v) is 9.64. The van der Waals surface area contributed by atoms with Gasteiger partial charge in [0.25, 0.3) is 5.91 Å². The average molecular weight is 390 g/mol. The second-order valence-corrected chi connectivity index (χ2v) is 7.19. The number of aryl methyl sites for hydroxylation is 1. The lowest BCUT2D eigenvalue weighted by atomic mass is 10.1. The summed E-state index contributed by atoms with van der Waals surface area (Å²) < 4.78 is 5.35. The van der Waals surface area contributed by atoms with E-state index >= 15 is 0 Å². The highest BCUT2D eigenvalue weighted by Gasteiger charge is 2.38. The van der Waals surface area contributed by atoms with E-state index in [0.29, 0.717) is 12.2 Å². The van der Waals surface area contributed by atoms with Crippen molar-refractivity contribution in [3.63, 3.8) is 0 Å². The van der Waals surface area contributed by atoms with Crippen LogP contribution in [0, 0.1) is 12.8 Å². The normalized spacial score (nSPS) is 21.7. The third kappa shape index (κ3) is 4.97. The Morgan fingerprint density at radius 2 is 2.15 bits per heavy atom. The molecule has 3 rings (SSSR count). The molecular weight excluding hydrogens is 364 g/mol. The molecule has 2 N–H and O–H groups in total. The molecule has 1 aromatic rings. The van der Waals surface area contributed by atoms with Gasteiger partial charge in [-0.05, 0) is 36.8 Å². The predicted octanol–water partition coefficient (Wildman–Crippen LogP) is -0.265. The molecule has 27 heavy (non-hydrogen) atoms. The fourth-order valence-electron chi connectivity index (χ4n) is 3.24. The van der Waals surface area contributed by atoms with Crippen LogP contribution < -0.4 is 15.1 Å². The van der Waals surface area contributed by atoms with Crippen LogP contribution in [0.5, 0.6) is 0 Å². The molecule has 0 aromatic heterocycles. The number of carbonyl (C=O) groups is 2. The molecule has 8 heteroatoms. The predicted molar refractivity (Wildman–Crippen MR) is 107 cm³/mol. The lowest BCUT2D eigenvalue weighted by Gasteiger charge is -2.31. The van der Waals surface area contributed by atoms with Crippen LogP contribution in [-0.2, 0) is 14.3 Å². The second kappa shape index (κ2) is 9.16. The van der Waals surface area contributed by atoms with Crippen LogP contribution in [0.4, 0.5) is 5.69 Å². The summed E-state index contributed by atoms with van der Waals surface area (Å²) in [6.45, 7) is 7.22. The standard InChI is InChI=1S/C19H24N4O3S/c1-14-4-2-5-15(12-14)23-18(25)16(17(24)21-19(23)27)13-20-6-3-7-22-8-10-26-11-9-22/h2,4-5,12-13,16H,3,6-11H2,1H3,(H,21,24,27)/p+1/t16-/m0/s1. The van der Waals surface area contributed by atoms with Gasteiger partial charge in [0.2, 0.25) is 5.91 Å². The Bertz CT molecular complexity index is 746. The minimum atomic E-state index is -0.951. The molecule has 2 saturated heterocycles. The van der Waals surface area contributed by atoms with E-state index < -0.39 is 11.8 Å². The minimum Gasteiger partial charge on any atom is -0.370 e. The number of nitrogens with zero attached hydrogens (tertiary/aromatic N) is 2. The van der Waals surface area contributed by atoms with Crippen molar-refractivity contribution >= 4 is 41.0 Å². The Hall–Kier alpha value is -2.16. The Kier molecular flexibility index (Phi) is 6.65. The van der Waals surface area contributed by atoms with Gasteiger partial charge in [-0.25, -0.2) is 0 Å². The van der Waals surface area contributed by atoms with Crippen molar-refractivity contribution in [1.82, 2.24) is 5.32 Å². The van der Waals surface area contributed by atoms with Gasteiger partial charge in [0.1, 0.15) is 13.1 Å². The van der Waals surface area contributed by atoms with Gasteiger partial charge in [0.05, 0.1) is 25.4 Å². The number of anilines is 1. The van der Waals surface area contributed by atoms with Gasteiger partial charge in [-0.15, -0.1) is 0 Å². The zero-order chi connectivity index (χ0) is 19.2. The Morgan fingerprint density at radius 3 is 2.89 bits per heavy atom. The number of aliphatic imine (C=N–C) groups is 1. The lowest BCUT2D eigenvalue weighted by Crippen LogP contribution is -3.14. The van der Waals surface area contributed by atoms with Crippen LogP contribution in [0.15, 0.2) is 29.3 Å². The van der Waals surface area contributed by atoms with Gasteiger partial charge in [-0.2, -0.15) is 0 Å². The summed E-state index contributed by atoms with van der Waals surface area (Å²) in [6.07, 6.45) is 2.37. The van der Waals surface area contributed by atoms with Gasteiger partial charge in [-0.3, -0.25) is 19.5 Å². The zero-order valence-corrected chi connectivity index (χ0v) is 16.3. The van der Waals surface area contributed by atoms with Crippen molar-refractivity contribution in [2.24, 2.45) is 10.9 Å². The van der Waals surface area contributed by atoms with Gasteiger partial charge in [0, 0.05) is 19.2 Å². The summed E-state index contributed by atoms with van der Waals surface area (Å²) >= 11 is 5.20. The molecule has 0 spiro atoms. The maximum atomic E-state index is 12.8. The van der Waals surface area contributed by atoms with Crippen molar-refractivity contribution in [2.45, 2.75) is 13.3 Å². The van der Waals surface area contributed by atoms with E-state index in [9.17, 15) is 9.59 Å². The van der Waals surface area contributed by atoms with Crippen molar-refractivity contribution in [1.29, 1.82) is 0 Å². The van der Waals surface area contributed by atoms with Crippen LogP contribution >= 0.6 is 12.2 Å². The number of morpholine rings is 1. The zero-order valence-electron chi connectivity index (χ0n) is 15.4. The number of ether oxygens (including phenoxy) is 1. The molecule has 2 fully saturated rings. The molecule has 2 heterocycles. The Morgan fingerprint density at radius 1 is 1.37 bits per heavy atom. The highest BCUT2D eigenvalue weighted by atomic mass is 32.1. The molecule has 0 bridgehead atoms. The molecule has 1 aromatic carbocycles. The van der Waals surface area contributed by atoms with E-state index in [0.717, 1.165) is 44.8 Å². The first kappa shape index (κ1) is 19.6. The van der Waals surface area contributed by atoms with Gasteiger partial charge in [0.15, 0.2) is 11.0 Å². The van der Waals surface area contributed by atoms with Crippen LogP contribution in [0.3, 0.4) is 0 Å². The number of carbonyl (C=O) groups excluding carboxylic acids is 2. The molecule has 0 unspecified atom stereocenters. The van der Waals surface area contributed by atoms with E-state index in [1.54, 1.807) is 6.07 Å². The van der Waals surface area contributed by atoms with Crippen molar-refractivity contribution in [2.75, 3.05) is 44.3 Å². The number of hydrogen-bond acceptors (Lipinski definition) is 5. The molecule has 1 atom stereocenters. The van der Waals surface area contributed by atoms with Gasteiger partial charge in [-0.1, -0.05) is 12.1 Å². The molecule has 2 amide bonds. The second-order valence-electron chi connectivity index (χ2n) is 6.81. The number of nitrogens with one attached hydrogen (secondary N) is 2. The SMILES string of the molecule is Cc1cccc(N2C(=O)[C@@H](C=NCCC[NH+]3CCOCC3)C(=O)NC2=S)c1. The topological polar surface area (TPSA) is 75.4 Å². The van der Waals surface area contributed by atoms with E-state index in [4.69, 9.17) is 17.0 Å². The van der Waals surface area contributed by atoms with Crippen LogP contribution in [0.1, 0.15) is 12.0 Å². The molecule has 7 nitrogen and oxygen atoms in total. The van der Waals surface area contributed by atoms with Crippen LogP contribution in [0.25, 0.3) is 0 Å². The molecule has 0 radical (unpaired) electrons. The monoisotopic (exact) mass is 389 g/mol. The number of hydrogen-bond donors (Lipinski definition) is 2. The van der Waals surface area contributed by atoms with E-state index in [2.05, 4.69) is 10.3 Å². The Balaban J connectivity index is 1.59. The number of thiocarbonyl (C=S) groups is 1. The highest BCUT2D eigenvalue weighted by molar-refractivity contribution is 7.80. The highest BCUT2D eigenvalue weighted by Crippen LogP contribution is 2.21. The number of rotatable bonds is 6. The fraction of sp³-hybridized carbons (Fsp3) is 0.474. The minimum absolute atomic E-state index is 0.108. The maximum absolute atomic E-state index is 12.8. The number of benzene rings is 1. The van der Waals surface area contributed by atoms with E-state index in [1.165, 1.54) is 16.0 Å². The smallest absolute Gasteiger partial charge is 0.251 e. The summed E-state index contributed by atoms with van der Waals surface area (Å²) in [4.78, 5) is 32.3. The molecule has 144 valence electrons. The molecule has 0 saturated carbocycles. The Labute approximate surface area is 164 Å². The lowest BCUT2D eigenvalue weighted by molar-refractivity contribution is -0.908. The summed E-state index contributed by atoms with van der Waals surface area (Å²) in [5, 5.41) is 2.72. The third-order valence-electron chi connectivity index (χ3n) is 4.73. The number of quaternary nitrogens is 1. The van der Waals surface area contributed by atoms with Gasteiger partial charge >= 0.3 is 0 Å². The van der Waals surface area contributed by atoms with E-state index in [1.807, 2.05) is 25.1 Å². The summed E-state index contributed by atoms with van der Waals surface area (Å²) in [7, 11) is 0. The maximum Gasteiger partial charge on any atom is 0.251 e. The van der Waals surface area contributed by atoms with Crippen LogP contribution in [-0.4, -0.2) is 62.5 Å². The summed E-state index contributed by atoms with van der Waals surface area (Å²) in [6, 6.07) is 7.46. The first-order chi connectivity index (χ1) is 13.1. The van der Waals surface area contributed by atoms with Crippen molar-refractivity contribution in [3.05, 3.63) is 29.8 Å². The largest absolute Gasteiger partial charge is 0.370 e. The molecular formula is C19H25N4O3S+.